The monoisotopic (exact) mass is 343 g/mol. The van der Waals surface area contributed by atoms with Crippen molar-refractivity contribution in [3.63, 3.8) is 0 Å². The van der Waals surface area contributed by atoms with Crippen LogP contribution in [0, 0.1) is 5.92 Å². The Balaban J connectivity index is 0.00000176. The molecule has 22 heavy (non-hydrogen) atoms. The van der Waals surface area contributed by atoms with E-state index >= 15 is 0 Å². The predicted molar refractivity (Wildman–Crippen MR) is 92.9 cm³/mol. The minimum absolute atomic E-state index is 0. The van der Waals surface area contributed by atoms with Gasteiger partial charge in [-0.25, -0.2) is 0 Å². The Hall–Kier alpha value is -0.580. The molecule has 1 saturated carbocycles. The fraction of sp³-hybridized carbons (Fsp3) is 0.706. The number of hydrogen-bond donors (Lipinski definition) is 0. The molecule has 0 N–H and O–H groups in total. The summed E-state index contributed by atoms with van der Waals surface area (Å²) in [4.78, 5) is 16.3. The minimum atomic E-state index is -0.339. The van der Waals surface area contributed by atoms with Crippen molar-refractivity contribution in [2.45, 2.75) is 43.9 Å². The van der Waals surface area contributed by atoms with Gasteiger partial charge >= 0.3 is 5.97 Å². The number of carbonyl (C=O) groups excluding carboxylic acids is 1. The number of likely N-dealkylation sites (tertiary alicyclic amines) is 1. The highest BCUT2D eigenvalue weighted by molar-refractivity contribution is 7.10. The zero-order valence-electron chi connectivity index (χ0n) is 13.3. The van der Waals surface area contributed by atoms with Gasteiger partial charge in [-0.15, -0.1) is 23.7 Å². The third kappa shape index (κ3) is 3.66. The van der Waals surface area contributed by atoms with Crippen LogP contribution in [0.15, 0.2) is 17.5 Å². The lowest BCUT2D eigenvalue weighted by atomic mass is 9.84. The third-order valence-electron chi connectivity index (χ3n) is 5.01. The van der Waals surface area contributed by atoms with Crippen molar-refractivity contribution in [2.24, 2.45) is 5.92 Å². The van der Waals surface area contributed by atoms with Crippen molar-refractivity contribution in [3.8, 4) is 0 Å². The predicted octanol–water partition coefficient (Wildman–Crippen LogP) is 3.87. The van der Waals surface area contributed by atoms with E-state index in [1.54, 1.807) is 11.3 Å². The molecule has 0 amide bonds. The molecule has 1 aliphatic heterocycles. The van der Waals surface area contributed by atoms with Gasteiger partial charge in [-0.3, -0.25) is 4.79 Å². The van der Waals surface area contributed by atoms with Gasteiger partial charge in [0.25, 0.3) is 0 Å². The molecule has 2 aliphatic rings. The van der Waals surface area contributed by atoms with Crippen molar-refractivity contribution in [1.29, 1.82) is 0 Å². The third-order valence-corrected chi connectivity index (χ3v) is 6.09. The van der Waals surface area contributed by atoms with E-state index in [0.29, 0.717) is 12.5 Å². The number of halogens is 1. The summed E-state index contributed by atoms with van der Waals surface area (Å²) in [7, 11) is 2.15. The first-order chi connectivity index (χ1) is 10.2. The van der Waals surface area contributed by atoms with Gasteiger partial charge in [-0.2, -0.15) is 0 Å². The van der Waals surface area contributed by atoms with Crippen LogP contribution in [-0.4, -0.2) is 37.6 Å². The summed E-state index contributed by atoms with van der Waals surface area (Å²) in [6.07, 6.45) is 6.59. The van der Waals surface area contributed by atoms with Crippen molar-refractivity contribution < 1.29 is 9.53 Å². The van der Waals surface area contributed by atoms with Gasteiger partial charge in [-0.1, -0.05) is 18.9 Å². The van der Waals surface area contributed by atoms with Crippen molar-refractivity contribution in [1.82, 2.24) is 4.90 Å². The molecule has 2 heterocycles. The fourth-order valence-electron chi connectivity index (χ4n) is 3.82. The molecule has 3 nitrogen and oxygen atoms in total. The average molecular weight is 344 g/mol. The summed E-state index contributed by atoms with van der Waals surface area (Å²) < 4.78 is 5.78. The Labute approximate surface area is 143 Å². The number of hydrogen-bond acceptors (Lipinski definition) is 4. The Kier molecular flexibility index (Phi) is 6.30. The molecule has 5 heteroatoms. The van der Waals surface area contributed by atoms with Crippen LogP contribution in [0.3, 0.4) is 0 Å². The van der Waals surface area contributed by atoms with Crippen LogP contribution in [0.2, 0.25) is 0 Å². The van der Waals surface area contributed by atoms with Gasteiger partial charge in [0.1, 0.15) is 5.41 Å². The van der Waals surface area contributed by atoms with Gasteiger partial charge in [0, 0.05) is 17.3 Å². The number of ether oxygens (including phenoxy) is 1. The van der Waals surface area contributed by atoms with Gasteiger partial charge in [0.2, 0.25) is 0 Å². The van der Waals surface area contributed by atoms with E-state index in [-0.39, 0.29) is 23.8 Å². The summed E-state index contributed by atoms with van der Waals surface area (Å²) in [5.41, 5.74) is -0.339. The first kappa shape index (κ1) is 17.8. The Bertz CT molecular complexity index is 471. The van der Waals surface area contributed by atoms with Gasteiger partial charge in [0.15, 0.2) is 0 Å². The van der Waals surface area contributed by atoms with Crippen LogP contribution in [0.1, 0.15) is 43.4 Å². The van der Waals surface area contributed by atoms with Crippen molar-refractivity contribution in [3.05, 3.63) is 22.4 Å². The smallest absolute Gasteiger partial charge is 0.317 e. The van der Waals surface area contributed by atoms with Crippen LogP contribution in [0.4, 0.5) is 0 Å². The Morgan fingerprint density at radius 1 is 1.41 bits per heavy atom. The van der Waals surface area contributed by atoms with E-state index in [4.69, 9.17) is 4.74 Å². The quantitative estimate of drug-likeness (QED) is 0.777. The van der Waals surface area contributed by atoms with E-state index in [1.165, 1.54) is 24.3 Å². The molecule has 124 valence electrons. The average Bonchev–Trinajstić information content (AvgIpc) is 3.16. The standard InChI is InChI=1S/C17H25NO2S.ClH/c1-18-10-4-6-14(12-18)13-20-16(19)17(8-2-3-9-17)15-7-5-11-21-15;/h5,7,11,14H,2-4,6,8-10,12-13H2,1H3;1H. The Morgan fingerprint density at radius 2 is 2.18 bits per heavy atom. The van der Waals surface area contributed by atoms with Gasteiger partial charge < -0.3 is 9.64 Å². The first-order valence-electron chi connectivity index (χ1n) is 8.10. The zero-order chi connectivity index (χ0) is 14.7. The fourth-order valence-corrected chi connectivity index (χ4v) is 4.80. The molecule has 0 spiro atoms. The zero-order valence-corrected chi connectivity index (χ0v) is 14.9. The second-order valence-corrected chi connectivity index (χ2v) is 7.58. The Morgan fingerprint density at radius 3 is 2.82 bits per heavy atom. The molecule has 1 aromatic heterocycles. The molecule has 3 rings (SSSR count). The number of piperidine rings is 1. The summed E-state index contributed by atoms with van der Waals surface area (Å²) in [6.45, 7) is 2.82. The maximum Gasteiger partial charge on any atom is 0.317 e. The molecule has 1 aromatic rings. The topological polar surface area (TPSA) is 29.5 Å². The number of carbonyl (C=O) groups is 1. The van der Waals surface area contributed by atoms with Crippen LogP contribution < -0.4 is 0 Å². The lowest BCUT2D eigenvalue weighted by Crippen LogP contribution is -2.38. The molecule has 2 fully saturated rings. The highest BCUT2D eigenvalue weighted by atomic mass is 35.5. The summed E-state index contributed by atoms with van der Waals surface area (Å²) in [6, 6.07) is 4.15. The van der Waals surface area contributed by atoms with E-state index in [1.807, 2.05) is 6.07 Å². The number of nitrogens with zero attached hydrogens (tertiary/aromatic N) is 1. The normalized spacial score (nSPS) is 24.7. The maximum absolute atomic E-state index is 12.8. The summed E-state index contributed by atoms with van der Waals surface area (Å²) >= 11 is 1.70. The number of thiophene rings is 1. The van der Waals surface area contributed by atoms with Crippen LogP contribution in [0.5, 0.6) is 0 Å². The highest BCUT2D eigenvalue weighted by Crippen LogP contribution is 2.44. The van der Waals surface area contributed by atoms with Crippen molar-refractivity contribution >= 4 is 29.7 Å². The lowest BCUT2D eigenvalue weighted by Gasteiger charge is -2.31. The molecule has 1 unspecified atom stereocenters. The molecule has 0 radical (unpaired) electrons. The highest BCUT2D eigenvalue weighted by Gasteiger charge is 2.45. The van der Waals surface area contributed by atoms with Crippen LogP contribution in [-0.2, 0) is 14.9 Å². The number of rotatable bonds is 4. The molecular formula is C17H26ClNO2S. The second-order valence-electron chi connectivity index (χ2n) is 6.64. The summed E-state index contributed by atoms with van der Waals surface area (Å²) in [5.74, 6) is 0.533. The second kappa shape index (κ2) is 7.80. The van der Waals surface area contributed by atoms with E-state index in [0.717, 1.165) is 32.2 Å². The van der Waals surface area contributed by atoms with Crippen LogP contribution in [0.25, 0.3) is 0 Å². The largest absolute Gasteiger partial charge is 0.465 e. The van der Waals surface area contributed by atoms with Gasteiger partial charge in [-0.05, 0) is 50.7 Å². The minimum Gasteiger partial charge on any atom is -0.465 e. The van der Waals surface area contributed by atoms with Gasteiger partial charge in [0.05, 0.1) is 6.61 Å². The van der Waals surface area contributed by atoms with E-state index in [2.05, 4.69) is 23.4 Å². The first-order valence-corrected chi connectivity index (χ1v) is 8.98. The van der Waals surface area contributed by atoms with Crippen LogP contribution >= 0.6 is 23.7 Å². The van der Waals surface area contributed by atoms with E-state index in [9.17, 15) is 4.79 Å². The molecule has 0 aromatic carbocycles. The summed E-state index contributed by atoms with van der Waals surface area (Å²) in [5, 5.41) is 2.07. The molecular weight excluding hydrogens is 318 g/mol. The number of esters is 1. The molecule has 1 saturated heterocycles. The molecule has 1 aliphatic carbocycles. The molecule has 0 bridgehead atoms. The maximum atomic E-state index is 12.8. The van der Waals surface area contributed by atoms with Crippen molar-refractivity contribution in [2.75, 3.05) is 26.7 Å². The lowest BCUT2D eigenvalue weighted by molar-refractivity contribution is -0.152. The van der Waals surface area contributed by atoms with E-state index < -0.39 is 0 Å². The SMILES string of the molecule is CN1CCCC(COC(=O)C2(c3cccs3)CCCC2)C1.Cl. The molecule has 1 atom stereocenters.